The number of aliphatic hydroxyl groups excluding tert-OH is 1. The van der Waals surface area contributed by atoms with Gasteiger partial charge in [-0.1, -0.05) is 13.8 Å². The Hall–Kier alpha value is -0.120. The number of ether oxygens (including phenoxy) is 1. The van der Waals surface area contributed by atoms with E-state index in [9.17, 15) is 0 Å². The maximum atomic E-state index is 8.89. The Bertz CT molecular complexity index is 86.2. The van der Waals surface area contributed by atoms with Gasteiger partial charge in [-0.2, -0.15) is 0 Å². The zero-order valence-corrected chi connectivity index (χ0v) is 7.63. The SMILES string of the molecule is COCCNC(CO)C(C)C. The van der Waals surface area contributed by atoms with Gasteiger partial charge < -0.3 is 15.2 Å². The lowest BCUT2D eigenvalue weighted by Gasteiger charge is -2.19. The largest absolute Gasteiger partial charge is 0.395 e. The monoisotopic (exact) mass is 161 g/mol. The van der Waals surface area contributed by atoms with Crippen molar-refractivity contribution >= 4 is 0 Å². The van der Waals surface area contributed by atoms with Crippen LogP contribution >= 0.6 is 0 Å². The highest BCUT2D eigenvalue weighted by Gasteiger charge is 2.09. The summed E-state index contributed by atoms with van der Waals surface area (Å²) in [6, 6.07) is 0.199. The Morgan fingerprint density at radius 2 is 2.09 bits per heavy atom. The number of methoxy groups -OCH3 is 1. The summed E-state index contributed by atoms with van der Waals surface area (Å²) in [4.78, 5) is 0. The number of nitrogens with one attached hydrogen (secondary N) is 1. The number of aliphatic hydroxyl groups is 1. The van der Waals surface area contributed by atoms with Crippen molar-refractivity contribution in [2.45, 2.75) is 19.9 Å². The van der Waals surface area contributed by atoms with Crippen molar-refractivity contribution in [2.75, 3.05) is 26.9 Å². The average Bonchev–Trinajstić information content (AvgIpc) is 1.97. The van der Waals surface area contributed by atoms with E-state index >= 15 is 0 Å². The van der Waals surface area contributed by atoms with Crippen molar-refractivity contribution in [3.05, 3.63) is 0 Å². The van der Waals surface area contributed by atoms with Crippen LogP contribution in [0.2, 0.25) is 0 Å². The van der Waals surface area contributed by atoms with Gasteiger partial charge >= 0.3 is 0 Å². The van der Waals surface area contributed by atoms with E-state index < -0.39 is 0 Å². The van der Waals surface area contributed by atoms with Gasteiger partial charge in [-0.3, -0.25) is 0 Å². The van der Waals surface area contributed by atoms with Crippen LogP contribution in [0.15, 0.2) is 0 Å². The molecule has 68 valence electrons. The smallest absolute Gasteiger partial charge is 0.0587 e. The van der Waals surface area contributed by atoms with Gasteiger partial charge in [-0.25, -0.2) is 0 Å². The first-order chi connectivity index (χ1) is 5.22. The molecule has 0 radical (unpaired) electrons. The maximum Gasteiger partial charge on any atom is 0.0587 e. The molecule has 0 spiro atoms. The standard InChI is InChI=1S/C8H19NO2/c1-7(2)8(6-10)9-4-5-11-3/h7-10H,4-6H2,1-3H3. The number of hydrogen-bond donors (Lipinski definition) is 2. The van der Waals surface area contributed by atoms with E-state index in [1.165, 1.54) is 0 Å². The van der Waals surface area contributed by atoms with E-state index in [1.807, 2.05) is 0 Å². The first-order valence-corrected chi connectivity index (χ1v) is 4.05. The van der Waals surface area contributed by atoms with Crippen molar-refractivity contribution in [3.8, 4) is 0 Å². The molecule has 0 aromatic rings. The zero-order chi connectivity index (χ0) is 8.69. The van der Waals surface area contributed by atoms with Crippen molar-refractivity contribution in [3.63, 3.8) is 0 Å². The van der Waals surface area contributed by atoms with Crippen LogP contribution in [0.25, 0.3) is 0 Å². The minimum atomic E-state index is 0.196. The van der Waals surface area contributed by atoms with Crippen LogP contribution in [-0.4, -0.2) is 38.0 Å². The van der Waals surface area contributed by atoms with Crippen molar-refractivity contribution < 1.29 is 9.84 Å². The third-order valence-corrected chi connectivity index (χ3v) is 1.71. The molecular formula is C8H19NO2. The van der Waals surface area contributed by atoms with Gasteiger partial charge in [0, 0.05) is 19.7 Å². The Labute approximate surface area is 68.8 Å². The number of hydrogen-bond acceptors (Lipinski definition) is 3. The van der Waals surface area contributed by atoms with Gasteiger partial charge in [-0.05, 0) is 5.92 Å². The summed E-state index contributed by atoms with van der Waals surface area (Å²) in [5.41, 5.74) is 0. The van der Waals surface area contributed by atoms with Gasteiger partial charge in [0.2, 0.25) is 0 Å². The van der Waals surface area contributed by atoms with Gasteiger partial charge in [-0.15, -0.1) is 0 Å². The summed E-state index contributed by atoms with van der Waals surface area (Å²) in [5, 5.41) is 12.1. The Morgan fingerprint density at radius 3 is 2.45 bits per heavy atom. The zero-order valence-electron chi connectivity index (χ0n) is 7.63. The van der Waals surface area contributed by atoms with E-state index in [2.05, 4.69) is 19.2 Å². The lowest BCUT2D eigenvalue weighted by molar-refractivity contribution is 0.171. The quantitative estimate of drug-likeness (QED) is 0.548. The summed E-state index contributed by atoms with van der Waals surface area (Å²) in [7, 11) is 1.67. The van der Waals surface area contributed by atoms with Gasteiger partial charge in [0.1, 0.15) is 0 Å². The summed E-state index contributed by atoms with van der Waals surface area (Å²) >= 11 is 0. The highest BCUT2D eigenvalue weighted by atomic mass is 16.5. The minimum Gasteiger partial charge on any atom is -0.395 e. The van der Waals surface area contributed by atoms with E-state index in [0.29, 0.717) is 12.5 Å². The molecule has 0 amide bonds. The van der Waals surface area contributed by atoms with Crippen molar-refractivity contribution in [2.24, 2.45) is 5.92 Å². The second-order valence-corrected chi connectivity index (χ2v) is 2.98. The normalized spacial score (nSPS) is 13.9. The van der Waals surface area contributed by atoms with Crippen LogP contribution in [0.5, 0.6) is 0 Å². The average molecular weight is 161 g/mol. The van der Waals surface area contributed by atoms with E-state index in [-0.39, 0.29) is 12.6 Å². The minimum absolute atomic E-state index is 0.196. The number of rotatable bonds is 6. The molecule has 0 saturated carbocycles. The van der Waals surface area contributed by atoms with Gasteiger partial charge in [0.25, 0.3) is 0 Å². The molecule has 0 heterocycles. The fourth-order valence-electron chi connectivity index (χ4n) is 0.857. The first kappa shape index (κ1) is 10.9. The van der Waals surface area contributed by atoms with E-state index in [4.69, 9.17) is 9.84 Å². The topological polar surface area (TPSA) is 41.5 Å². The molecule has 3 nitrogen and oxygen atoms in total. The second kappa shape index (κ2) is 6.58. The van der Waals surface area contributed by atoms with Crippen LogP contribution in [-0.2, 0) is 4.74 Å². The van der Waals surface area contributed by atoms with Crippen LogP contribution < -0.4 is 5.32 Å². The van der Waals surface area contributed by atoms with Crippen LogP contribution in [0, 0.1) is 5.92 Å². The molecule has 0 aromatic heterocycles. The summed E-state index contributed by atoms with van der Waals surface area (Å²) in [6.45, 7) is 5.87. The Balaban J connectivity index is 3.36. The predicted molar refractivity (Wildman–Crippen MR) is 45.6 cm³/mol. The highest BCUT2D eigenvalue weighted by molar-refractivity contribution is 4.68. The second-order valence-electron chi connectivity index (χ2n) is 2.98. The summed E-state index contributed by atoms with van der Waals surface area (Å²) in [5.74, 6) is 0.469. The van der Waals surface area contributed by atoms with Crippen molar-refractivity contribution in [1.29, 1.82) is 0 Å². The molecule has 0 aliphatic carbocycles. The van der Waals surface area contributed by atoms with Gasteiger partial charge in [0.15, 0.2) is 0 Å². The fourth-order valence-corrected chi connectivity index (χ4v) is 0.857. The fraction of sp³-hybridized carbons (Fsp3) is 1.00. The molecule has 0 fully saturated rings. The Kier molecular flexibility index (Phi) is 6.51. The Morgan fingerprint density at radius 1 is 1.45 bits per heavy atom. The predicted octanol–water partition coefficient (Wildman–Crippen LogP) is 0.239. The van der Waals surface area contributed by atoms with E-state index in [0.717, 1.165) is 6.54 Å². The van der Waals surface area contributed by atoms with Crippen LogP contribution in [0.1, 0.15) is 13.8 Å². The molecule has 0 aliphatic rings. The highest BCUT2D eigenvalue weighted by Crippen LogP contribution is 1.98. The molecule has 1 atom stereocenters. The molecule has 3 heteroatoms. The maximum absolute atomic E-state index is 8.89. The van der Waals surface area contributed by atoms with Crippen LogP contribution in [0.3, 0.4) is 0 Å². The molecule has 0 saturated heterocycles. The van der Waals surface area contributed by atoms with Crippen LogP contribution in [0.4, 0.5) is 0 Å². The summed E-state index contributed by atoms with van der Waals surface area (Å²) in [6.07, 6.45) is 0. The third kappa shape index (κ3) is 5.18. The molecule has 0 bridgehead atoms. The first-order valence-electron chi connectivity index (χ1n) is 4.05. The molecule has 0 aliphatic heterocycles. The summed E-state index contributed by atoms with van der Waals surface area (Å²) < 4.78 is 4.87. The van der Waals surface area contributed by atoms with E-state index in [1.54, 1.807) is 7.11 Å². The molecular weight excluding hydrogens is 142 g/mol. The third-order valence-electron chi connectivity index (χ3n) is 1.71. The molecule has 11 heavy (non-hydrogen) atoms. The van der Waals surface area contributed by atoms with Crippen molar-refractivity contribution in [1.82, 2.24) is 5.32 Å². The van der Waals surface area contributed by atoms with Gasteiger partial charge in [0.05, 0.1) is 13.2 Å². The lowest BCUT2D eigenvalue weighted by atomic mass is 10.1. The lowest BCUT2D eigenvalue weighted by Crippen LogP contribution is -2.38. The molecule has 0 aromatic carbocycles. The molecule has 2 N–H and O–H groups in total. The molecule has 1 unspecified atom stereocenters. The molecule has 0 rings (SSSR count).